The van der Waals surface area contributed by atoms with Crippen LogP contribution in [0.4, 0.5) is 18.3 Å². The molecule has 0 saturated carbocycles. The summed E-state index contributed by atoms with van der Waals surface area (Å²) in [5.41, 5.74) is -3.64. The van der Waals surface area contributed by atoms with Crippen LogP contribution in [-0.2, 0) is 19.6 Å². The predicted molar refractivity (Wildman–Crippen MR) is 104 cm³/mol. The van der Waals surface area contributed by atoms with Crippen LogP contribution in [0.5, 0.6) is 0 Å². The molecule has 12 heteroatoms. The van der Waals surface area contributed by atoms with Crippen LogP contribution in [0.2, 0.25) is 0 Å². The molecule has 1 aromatic carbocycles. The number of nitrogens with one attached hydrogen (secondary N) is 1. The van der Waals surface area contributed by atoms with Crippen LogP contribution in [0.3, 0.4) is 0 Å². The smallest absolute Gasteiger partial charge is 0.296 e. The lowest BCUT2D eigenvalue weighted by molar-refractivity contribution is -0.144. The van der Waals surface area contributed by atoms with E-state index in [9.17, 15) is 27.6 Å². The molecule has 2 aromatic heterocycles. The number of alkyl halides is 3. The fraction of sp³-hybridized carbons (Fsp3) is 0.278. The van der Waals surface area contributed by atoms with Crippen molar-refractivity contribution in [2.75, 3.05) is 5.32 Å². The highest BCUT2D eigenvalue weighted by Crippen LogP contribution is 2.27. The van der Waals surface area contributed by atoms with Gasteiger partial charge in [-0.1, -0.05) is 24.3 Å². The van der Waals surface area contributed by atoms with Gasteiger partial charge < -0.3 is 0 Å². The van der Waals surface area contributed by atoms with Gasteiger partial charge in [-0.2, -0.15) is 13.2 Å². The van der Waals surface area contributed by atoms with Gasteiger partial charge in [0.15, 0.2) is 0 Å². The summed E-state index contributed by atoms with van der Waals surface area (Å²) in [7, 11) is 0.918. The van der Waals surface area contributed by atoms with Crippen LogP contribution >= 0.6 is 11.3 Å². The van der Waals surface area contributed by atoms with Gasteiger partial charge in [-0.25, -0.2) is 9.36 Å². The lowest BCUT2D eigenvalue weighted by atomic mass is 10.2. The number of carbonyl (C=O) groups is 1. The Balaban J connectivity index is 1.95. The molecule has 0 saturated heterocycles. The van der Waals surface area contributed by atoms with Crippen molar-refractivity contribution in [3.05, 3.63) is 67.4 Å². The summed E-state index contributed by atoms with van der Waals surface area (Å²) in [6, 6.07) is 5.77. The number of benzene rings is 1. The second kappa shape index (κ2) is 8.22. The number of aryl methyl sites for hydroxylation is 1. The zero-order chi connectivity index (χ0) is 22.1. The maximum atomic E-state index is 13.0. The molecule has 0 aliphatic rings. The van der Waals surface area contributed by atoms with Crippen molar-refractivity contribution in [2.24, 2.45) is 7.05 Å². The standard InChI is InChI=1S/C18H16F3N5O3S/c1-3-5-13-23-24-16(30-13)22-15(28)10-6-4-7-11(8-10)26-14(27)9-12(18(19,20)21)25(2)17(26)29/h4,6-9H,3,5H2,1-2H3,(H,22,24,28). The molecular formula is C18H16F3N5O3S. The number of aromatic nitrogens is 4. The van der Waals surface area contributed by atoms with E-state index in [0.29, 0.717) is 15.2 Å². The molecule has 3 rings (SSSR count). The quantitative estimate of drug-likeness (QED) is 0.659. The number of nitrogens with zero attached hydrogens (tertiary/aromatic N) is 4. The Bertz CT molecular complexity index is 1210. The summed E-state index contributed by atoms with van der Waals surface area (Å²) in [4.78, 5) is 37.1. The first-order valence-corrected chi connectivity index (χ1v) is 9.58. The maximum absolute atomic E-state index is 13.0. The molecule has 3 aromatic rings. The molecule has 8 nitrogen and oxygen atoms in total. The van der Waals surface area contributed by atoms with Crippen LogP contribution in [0.25, 0.3) is 5.69 Å². The van der Waals surface area contributed by atoms with E-state index in [1.54, 1.807) is 0 Å². The molecule has 0 spiro atoms. The van der Waals surface area contributed by atoms with Gasteiger partial charge in [0, 0.05) is 25.1 Å². The molecule has 0 atom stereocenters. The minimum Gasteiger partial charge on any atom is -0.296 e. The number of hydrogen-bond donors (Lipinski definition) is 1. The number of amides is 1. The van der Waals surface area contributed by atoms with Crippen LogP contribution < -0.4 is 16.6 Å². The molecule has 1 N–H and O–H groups in total. The monoisotopic (exact) mass is 439 g/mol. The van der Waals surface area contributed by atoms with Gasteiger partial charge in [0.1, 0.15) is 10.7 Å². The van der Waals surface area contributed by atoms with E-state index >= 15 is 0 Å². The van der Waals surface area contributed by atoms with Crippen LogP contribution in [0, 0.1) is 0 Å². The zero-order valence-corrected chi connectivity index (χ0v) is 16.7. The summed E-state index contributed by atoms with van der Waals surface area (Å²) in [6.45, 7) is 1.98. The number of hydrogen-bond acceptors (Lipinski definition) is 6. The van der Waals surface area contributed by atoms with Crippen molar-refractivity contribution in [1.82, 2.24) is 19.3 Å². The molecule has 0 bridgehead atoms. The van der Waals surface area contributed by atoms with E-state index < -0.39 is 29.0 Å². The Kier molecular flexibility index (Phi) is 5.87. The average Bonchev–Trinajstić information content (AvgIpc) is 3.11. The van der Waals surface area contributed by atoms with Crippen molar-refractivity contribution in [1.29, 1.82) is 0 Å². The van der Waals surface area contributed by atoms with Gasteiger partial charge in [-0.05, 0) is 24.6 Å². The minimum absolute atomic E-state index is 0.0362. The van der Waals surface area contributed by atoms with Crippen LogP contribution in [0.1, 0.15) is 34.4 Å². The number of anilines is 1. The van der Waals surface area contributed by atoms with Gasteiger partial charge in [0.05, 0.1) is 5.69 Å². The highest BCUT2D eigenvalue weighted by Gasteiger charge is 2.35. The van der Waals surface area contributed by atoms with Gasteiger partial charge in [0.2, 0.25) is 5.13 Å². The highest BCUT2D eigenvalue weighted by molar-refractivity contribution is 7.15. The van der Waals surface area contributed by atoms with E-state index in [0.717, 1.165) is 24.9 Å². The predicted octanol–water partition coefficient (Wildman–Crippen LogP) is 2.61. The van der Waals surface area contributed by atoms with Crippen LogP contribution in [0.15, 0.2) is 39.9 Å². The number of carbonyl (C=O) groups excluding carboxylic acids is 1. The Labute approximate surface area is 171 Å². The second-order valence-corrected chi connectivity index (χ2v) is 7.36. The molecule has 30 heavy (non-hydrogen) atoms. The molecule has 0 fully saturated rings. The molecule has 0 unspecified atom stereocenters. The first-order chi connectivity index (χ1) is 14.1. The molecule has 0 radical (unpaired) electrons. The van der Waals surface area contributed by atoms with E-state index in [1.807, 2.05) is 6.92 Å². The molecule has 0 aliphatic carbocycles. The van der Waals surface area contributed by atoms with Crippen molar-refractivity contribution in [3.63, 3.8) is 0 Å². The summed E-state index contributed by atoms with van der Waals surface area (Å²) in [6.07, 6.45) is -3.25. The third-order valence-corrected chi connectivity index (χ3v) is 5.03. The van der Waals surface area contributed by atoms with Gasteiger partial charge >= 0.3 is 11.9 Å². The molecule has 0 aliphatic heterocycles. The minimum atomic E-state index is -4.85. The fourth-order valence-electron chi connectivity index (χ4n) is 2.71. The summed E-state index contributed by atoms with van der Waals surface area (Å²) >= 11 is 1.22. The van der Waals surface area contributed by atoms with Gasteiger partial charge in [0.25, 0.3) is 11.5 Å². The first kappa shape index (κ1) is 21.4. The van der Waals surface area contributed by atoms with Gasteiger partial charge in [-0.15, -0.1) is 10.2 Å². The first-order valence-electron chi connectivity index (χ1n) is 8.76. The van der Waals surface area contributed by atoms with Crippen molar-refractivity contribution >= 4 is 22.4 Å². The molecule has 1 amide bonds. The third-order valence-electron chi connectivity index (χ3n) is 4.13. The van der Waals surface area contributed by atoms with Gasteiger partial charge in [-0.3, -0.25) is 19.5 Å². The maximum Gasteiger partial charge on any atom is 0.431 e. The van der Waals surface area contributed by atoms with E-state index in [4.69, 9.17) is 0 Å². The van der Waals surface area contributed by atoms with Crippen molar-refractivity contribution in [2.45, 2.75) is 25.9 Å². The normalized spacial score (nSPS) is 11.5. The van der Waals surface area contributed by atoms with Crippen molar-refractivity contribution < 1.29 is 18.0 Å². The zero-order valence-electron chi connectivity index (χ0n) is 15.9. The topological polar surface area (TPSA) is 98.9 Å². The highest BCUT2D eigenvalue weighted by atomic mass is 32.1. The van der Waals surface area contributed by atoms with E-state index in [1.165, 1.54) is 35.6 Å². The number of halogens is 3. The van der Waals surface area contributed by atoms with Crippen molar-refractivity contribution in [3.8, 4) is 5.69 Å². The third kappa shape index (κ3) is 4.32. The molecule has 158 valence electrons. The Morgan fingerprint density at radius 2 is 1.93 bits per heavy atom. The van der Waals surface area contributed by atoms with E-state index in [-0.39, 0.29) is 16.4 Å². The average molecular weight is 439 g/mol. The fourth-order valence-corrected chi connectivity index (χ4v) is 3.55. The summed E-state index contributed by atoms with van der Waals surface area (Å²) < 4.78 is 39.9. The lowest BCUT2D eigenvalue weighted by Crippen LogP contribution is -2.40. The Hall–Kier alpha value is -3.28. The number of rotatable bonds is 5. The van der Waals surface area contributed by atoms with Crippen LogP contribution in [-0.4, -0.2) is 25.2 Å². The summed E-state index contributed by atoms with van der Waals surface area (Å²) in [5, 5.41) is 11.5. The van der Waals surface area contributed by atoms with E-state index in [2.05, 4.69) is 15.5 Å². The Morgan fingerprint density at radius 1 is 1.20 bits per heavy atom. The second-order valence-electron chi connectivity index (χ2n) is 6.30. The lowest BCUT2D eigenvalue weighted by Gasteiger charge is -2.14. The molecular weight excluding hydrogens is 423 g/mol. The summed E-state index contributed by atoms with van der Waals surface area (Å²) in [5.74, 6) is -0.562. The SMILES string of the molecule is CCCc1nnc(NC(=O)c2cccc(-n3c(=O)cc(C(F)(F)F)n(C)c3=O)c2)s1. The largest absolute Gasteiger partial charge is 0.431 e. The molecule has 2 heterocycles. The Morgan fingerprint density at radius 3 is 2.60 bits per heavy atom.